The molecule has 4 heteroatoms. The number of aromatic nitrogens is 1. The Morgan fingerprint density at radius 2 is 2.06 bits per heavy atom. The number of benzene rings is 1. The van der Waals surface area contributed by atoms with Crippen LogP contribution in [-0.4, -0.2) is 4.57 Å². The van der Waals surface area contributed by atoms with Crippen LogP contribution in [0.15, 0.2) is 36.5 Å². The maximum absolute atomic E-state index is 9.23. The lowest BCUT2D eigenvalue weighted by Gasteiger charge is -2.03. The molecule has 1 heterocycles. The van der Waals surface area contributed by atoms with E-state index in [9.17, 15) is 5.26 Å². The van der Waals surface area contributed by atoms with Crippen LogP contribution in [0.25, 0.3) is 11.6 Å². The third-order valence-corrected chi connectivity index (χ3v) is 3.37. The van der Waals surface area contributed by atoms with Crippen LogP contribution in [0, 0.1) is 11.3 Å². The number of allylic oxidation sites excluding steroid dienone is 1. The fraction of sp³-hybridized carbons (Fsp3) is 0.0714. The summed E-state index contributed by atoms with van der Waals surface area (Å²) < 4.78 is 1.94. The van der Waals surface area contributed by atoms with Gasteiger partial charge in [0.05, 0.1) is 21.7 Å². The monoisotopic (exact) mass is 276 g/mol. The van der Waals surface area contributed by atoms with Crippen molar-refractivity contribution >= 4 is 34.9 Å². The molecule has 18 heavy (non-hydrogen) atoms. The van der Waals surface area contributed by atoms with Gasteiger partial charge in [-0.2, -0.15) is 5.26 Å². The van der Waals surface area contributed by atoms with Crippen molar-refractivity contribution < 1.29 is 0 Å². The summed E-state index contributed by atoms with van der Waals surface area (Å²) in [5.74, 6) is 0. The molecule has 0 aliphatic carbocycles. The highest BCUT2D eigenvalue weighted by Gasteiger charge is 2.05. The average Bonchev–Trinajstić information content (AvgIpc) is 2.75. The largest absolute Gasteiger partial charge is 0.351 e. The number of nitriles is 1. The Morgan fingerprint density at radius 3 is 2.61 bits per heavy atom. The fourth-order valence-electron chi connectivity index (χ4n) is 1.62. The topological polar surface area (TPSA) is 28.7 Å². The maximum Gasteiger partial charge on any atom is 0.0998 e. The number of halogens is 2. The molecule has 0 aliphatic rings. The number of hydrogen-bond acceptors (Lipinski definition) is 1. The van der Waals surface area contributed by atoms with Gasteiger partial charge in [-0.15, -0.1) is 0 Å². The van der Waals surface area contributed by atoms with E-state index in [1.54, 1.807) is 18.2 Å². The van der Waals surface area contributed by atoms with Gasteiger partial charge in [-0.05, 0) is 35.9 Å². The summed E-state index contributed by atoms with van der Waals surface area (Å²) in [5.41, 5.74) is 2.26. The zero-order valence-corrected chi connectivity index (χ0v) is 11.2. The lowest BCUT2D eigenvalue weighted by molar-refractivity contribution is 0.915. The van der Waals surface area contributed by atoms with Crippen molar-refractivity contribution in [2.45, 2.75) is 0 Å². The van der Waals surface area contributed by atoms with Crippen LogP contribution < -0.4 is 0 Å². The summed E-state index contributed by atoms with van der Waals surface area (Å²) in [4.78, 5) is 0. The number of aryl methyl sites for hydroxylation is 1. The van der Waals surface area contributed by atoms with Gasteiger partial charge in [0.1, 0.15) is 0 Å². The molecule has 1 aromatic heterocycles. The van der Waals surface area contributed by atoms with Gasteiger partial charge in [0.2, 0.25) is 0 Å². The van der Waals surface area contributed by atoms with E-state index in [-0.39, 0.29) is 0 Å². The molecule has 90 valence electrons. The molecule has 0 fully saturated rings. The molecule has 2 rings (SSSR count). The lowest BCUT2D eigenvalue weighted by Crippen LogP contribution is -1.89. The Balaban J connectivity index is 2.46. The minimum absolute atomic E-state index is 0.446. The molecule has 0 radical (unpaired) electrons. The van der Waals surface area contributed by atoms with Gasteiger partial charge >= 0.3 is 0 Å². The van der Waals surface area contributed by atoms with Crippen molar-refractivity contribution in [3.05, 3.63) is 57.8 Å². The van der Waals surface area contributed by atoms with E-state index in [0.29, 0.717) is 15.6 Å². The summed E-state index contributed by atoms with van der Waals surface area (Å²) in [5, 5.41) is 10.2. The van der Waals surface area contributed by atoms with Gasteiger partial charge in [-0.1, -0.05) is 29.3 Å². The fourth-order valence-corrected chi connectivity index (χ4v) is 1.91. The third-order valence-electron chi connectivity index (χ3n) is 2.63. The molecule has 0 bridgehead atoms. The molecule has 0 spiro atoms. The highest BCUT2D eigenvalue weighted by Crippen LogP contribution is 2.26. The van der Waals surface area contributed by atoms with Crippen LogP contribution in [0.1, 0.15) is 11.3 Å². The Kier molecular flexibility index (Phi) is 3.76. The second-order valence-corrected chi connectivity index (χ2v) is 4.66. The Hall–Kier alpha value is -1.69. The van der Waals surface area contributed by atoms with Crippen molar-refractivity contribution in [2.24, 2.45) is 7.05 Å². The van der Waals surface area contributed by atoms with E-state index in [4.69, 9.17) is 23.2 Å². The highest BCUT2D eigenvalue weighted by molar-refractivity contribution is 6.42. The second kappa shape index (κ2) is 5.30. The standard InChI is InChI=1S/C14H10Cl2N2/c1-18-6-2-3-12(18)7-11(9-17)10-4-5-13(15)14(16)8-10/h2-8H,1H3/b11-7-. The number of nitrogens with zero attached hydrogens (tertiary/aromatic N) is 2. The van der Waals surface area contributed by atoms with E-state index in [1.165, 1.54) is 0 Å². The summed E-state index contributed by atoms with van der Waals surface area (Å²) in [6, 6.07) is 11.2. The van der Waals surface area contributed by atoms with E-state index in [0.717, 1.165) is 11.3 Å². The van der Waals surface area contributed by atoms with E-state index >= 15 is 0 Å². The molecule has 0 saturated carbocycles. The Morgan fingerprint density at radius 1 is 1.28 bits per heavy atom. The van der Waals surface area contributed by atoms with Crippen LogP contribution in [0.5, 0.6) is 0 Å². The Bertz CT molecular complexity index is 648. The first-order valence-corrected chi connectivity index (χ1v) is 6.06. The van der Waals surface area contributed by atoms with Crippen molar-refractivity contribution in [1.29, 1.82) is 5.26 Å². The number of rotatable bonds is 2. The van der Waals surface area contributed by atoms with Crippen LogP contribution >= 0.6 is 23.2 Å². The zero-order valence-electron chi connectivity index (χ0n) is 9.69. The minimum atomic E-state index is 0.446. The molecule has 2 nitrogen and oxygen atoms in total. The predicted molar refractivity (Wildman–Crippen MR) is 75.4 cm³/mol. The van der Waals surface area contributed by atoms with E-state index < -0.39 is 0 Å². The SMILES string of the molecule is Cn1cccc1/C=C(/C#N)c1ccc(Cl)c(Cl)c1. The van der Waals surface area contributed by atoms with Crippen LogP contribution in [0.2, 0.25) is 10.0 Å². The smallest absolute Gasteiger partial charge is 0.0998 e. The summed E-state index contributed by atoms with van der Waals surface area (Å²) >= 11 is 11.8. The van der Waals surface area contributed by atoms with Crippen LogP contribution in [0.4, 0.5) is 0 Å². The van der Waals surface area contributed by atoms with Crippen LogP contribution in [0.3, 0.4) is 0 Å². The van der Waals surface area contributed by atoms with Crippen molar-refractivity contribution in [3.8, 4) is 6.07 Å². The van der Waals surface area contributed by atoms with Crippen LogP contribution in [-0.2, 0) is 7.05 Å². The normalized spacial score (nSPS) is 11.3. The minimum Gasteiger partial charge on any atom is -0.351 e. The van der Waals surface area contributed by atoms with Crippen molar-refractivity contribution in [2.75, 3.05) is 0 Å². The molecule has 0 aliphatic heterocycles. The molecular weight excluding hydrogens is 267 g/mol. The zero-order chi connectivity index (χ0) is 13.1. The number of hydrogen-bond donors (Lipinski definition) is 0. The van der Waals surface area contributed by atoms with E-state index in [2.05, 4.69) is 6.07 Å². The Labute approximate surface area is 116 Å². The van der Waals surface area contributed by atoms with Gasteiger partial charge in [0.15, 0.2) is 0 Å². The molecule has 0 amide bonds. The molecule has 0 unspecified atom stereocenters. The summed E-state index contributed by atoms with van der Waals surface area (Å²) in [6.45, 7) is 0. The maximum atomic E-state index is 9.23. The first-order chi connectivity index (χ1) is 8.61. The summed E-state index contributed by atoms with van der Waals surface area (Å²) in [6.07, 6.45) is 3.75. The molecule has 0 N–H and O–H groups in total. The highest BCUT2D eigenvalue weighted by atomic mass is 35.5. The lowest BCUT2D eigenvalue weighted by atomic mass is 10.1. The molecule has 1 aromatic carbocycles. The molecule has 2 aromatic rings. The van der Waals surface area contributed by atoms with Gasteiger partial charge in [0, 0.05) is 18.9 Å². The molecule has 0 saturated heterocycles. The van der Waals surface area contributed by atoms with Gasteiger partial charge < -0.3 is 4.57 Å². The quantitative estimate of drug-likeness (QED) is 0.748. The van der Waals surface area contributed by atoms with Gasteiger partial charge in [0.25, 0.3) is 0 Å². The first kappa shape index (κ1) is 12.8. The van der Waals surface area contributed by atoms with Crippen molar-refractivity contribution in [1.82, 2.24) is 4.57 Å². The van der Waals surface area contributed by atoms with E-state index in [1.807, 2.05) is 36.0 Å². The van der Waals surface area contributed by atoms with Crippen molar-refractivity contribution in [3.63, 3.8) is 0 Å². The average molecular weight is 277 g/mol. The second-order valence-electron chi connectivity index (χ2n) is 3.84. The third kappa shape index (κ3) is 2.59. The molecular formula is C14H10Cl2N2. The van der Waals surface area contributed by atoms with Gasteiger partial charge in [-0.25, -0.2) is 0 Å². The first-order valence-electron chi connectivity index (χ1n) is 5.30. The molecule has 0 atom stereocenters. The van der Waals surface area contributed by atoms with Gasteiger partial charge in [-0.3, -0.25) is 0 Å². The summed E-state index contributed by atoms with van der Waals surface area (Å²) in [7, 11) is 1.93. The predicted octanol–water partition coefficient (Wildman–Crippen LogP) is 4.40.